The van der Waals surface area contributed by atoms with Gasteiger partial charge in [0.15, 0.2) is 0 Å². The summed E-state index contributed by atoms with van der Waals surface area (Å²) in [4.78, 5) is 11.7. The van der Waals surface area contributed by atoms with Crippen molar-refractivity contribution >= 4 is 11.6 Å². The lowest BCUT2D eigenvalue weighted by Crippen LogP contribution is -2.28. The van der Waals surface area contributed by atoms with Crippen LogP contribution < -0.4 is 10.6 Å². The van der Waals surface area contributed by atoms with Crippen LogP contribution in [-0.2, 0) is 0 Å². The second-order valence-corrected chi connectivity index (χ2v) is 5.94. The molecule has 0 aliphatic heterocycles. The van der Waals surface area contributed by atoms with Gasteiger partial charge in [-0.05, 0) is 50.3 Å². The molecule has 0 radical (unpaired) electrons. The molecule has 0 bridgehead atoms. The van der Waals surface area contributed by atoms with Gasteiger partial charge in [0.2, 0.25) is 0 Å². The number of hydrogen-bond donors (Lipinski definition) is 2. The van der Waals surface area contributed by atoms with E-state index in [1.807, 2.05) is 18.2 Å². The van der Waals surface area contributed by atoms with E-state index in [1.165, 1.54) is 37.7 Å². The Morgan fingerprint density at radius 2 is 1.95 bits per heavy atom. The Hall–Kier alpha value is -1.51. The average Bonchev–Trinajstić information content (AvgIpc) is 2.49. The second-order valence-electron chi connectivity index (χ2n) is 5.94. The maximum Gasteiger partial charge on any atom is 0.251 e. The molecule has 1 aliphatic rings. The molecule has 0 saturated heterocycles. The maximum atomic E-state index is 11.7. The van der Waals surface area contributed by atoms with Gasteiger partial charge in [0.1, 0.15) is 0 Å². The number of carbonyl (C=O) groups is 1. The molecule has 1 atom stereocenters. The third kappa shape index (κ3) is 3.53. The van der Waals surface area contributed by atoms with Gasteiger partial charge in [-0.1, -0.05) is 25.3 Å². The number of rotatable bonds is 4. The monoisotopic (exact) mass is 274 g/mol. The molecule has 0 aromatic heterocycles. The highest BCUT2D eigenvalue weighted by molar-refractivity contribution is 5.95. The minimum atomic E-state index is -0.0293. The SMILES string of the molecule is CNC(=O)c1ccc(C)c(NC(C)C2CCCCC2)c1. The molecule has 1 saturated carbocycles. The van der Waals surface area contributed by atoms with Crippen molar-refractivity contribution in [1.82, 2.24) is 5.32 Å². The van der Waals surface area contributed by atoms with E-state index in [0.717, 1.165) is 17.2 Å². The number of carbonyl (C=O) groups excluding carboxylic acids is 1. The molecule has 1 amide bonds. The first-order valence-electron chi connectivity index (χ1n) is 7.71. The molecule has 0 spiro atoms. The van der Waals surface area contributed by atoms with Gasteiger partial charge < -0.3 is 10.6 Å². The molecule has 1 aliphatic carbocycles. The predicted molar refractivity (Wildman–Crippen MR) is 84.2 cm³/mol. The van der Waals surface area contributed by atoms with Gasteiger partial charge in [-0.15, -0.1) is 0 Å². The fraction of sp³-hybridized carbons (Fsp3) is 0.588. The maximum absolute atomic E-state index is 11.7. The van der Waals surface area contributed by atoms with Gasteiger partial charge in [-0.3, -0.25) is 4.79 Å². The van der Waals surface area contributed by atoms with Crippen molar-refractivity contribution in [1.29, 1.82) is 0 Å². The first kappa shape index (κ1) is 14.9. The van der Waals surface area contributed by atoms with E-state index < -0.39 is 0 Å². The van der Waals surface area contributed by atoms with Crippen LogP contribution in [0.15, 0.2) is 18.2 Å². The van der Waals surface area contributed by atoms with Gasteiger partial charge >= 0.3 is 0 Å². The molecule has 1 aromatic rings. The van der Waals surface area contributed by atoms with Crippen LogP contribution in [0.1, 0.15) is 54.9 Å². The van der Waals surface area contributed by atoms with E-state index in [1.54, 1.807) is 7.05 Å². The van der Waals surface area contributed by atoms with Crippen LogP contribution in [0.5, 0.6) is 0 Å². The van der Waals surface area contributed by atoms with Gasteiger partial charge in [0, 0.05) is 24.3 Å². The van der Waals surface area contributed by atoms with Crippen molar-refractivity contribution < 1.29 is 4.79 Å². The highest BCUT2D eigenvalue weighted by Crippen LogP contribution is 2.29. The average molecular weight is 274 g/mol. The number of aryl methyl sites for hydroxylation is 1. The van der Waals surface area contributed by atoms with Crippen molar-refractivity contribution in [2.75, 3.05) is 12.4 Å². The fourth-order valence-corrected chi connectivity index (χ4v) is 3.06. The summed E-state index contributed by atoms with van der Waals surface area (Å²) < 4.78 is 0. The van der Waals surface area contributed by atoms with Gasteiger partial charge in [-0.2, -0.15) is 0 Å². The Balaban J connectivity index is 2.09. The van der Waals surface area contributed by atoms with E-state index in [4.69, 9.17) is 0 Å². The van der Waals surface area contributed by atoms with Crippen molar-refractivity contribution in [2.24, 2.45) is 5.92 Å². The Labute approximate surface area is 122 Å². The first-order valence-corrected chi connectivity index (χ1v) is 7.71. The largest absolute Gasteiger partial charge is 0.382 e. The van der Waals surface area contributed by atoms with Gasteiger partial charge in [-0.25, -0.2) is 0 Å². The minimum Gasteiger partial charge on any atom is -0.382 e. The molecule has 20 heavy (non-hydrogen) atoms. The molecule has 0 heterocycles. The quantitative estimate of drug-likeness (QED) is 0.878. The second kappa shape index (κ2) is 6.78. The summed E-state index contributed by atoms with van der Waals surface area (Å²) >= 11 is 0. The molecular weight excluding hydrogens is 248 g/mol. The third-order valence-electron chi connectivity index (χ3n) is 4.47. The van der Waals surface area contributed by atoms with E-state index in [-0.39, 0.29) is 5.91 Å². The van der Waals surface area contributed by atoms with E-state index >= 15 is 0 Å². The van der Waals surface area contributed by atoms with Crippen molar-refractivity contribution in [2.45, 2.75) is 52.0 Å². The standard InChI is InChI=1S/C17H26N2O/c1-12-9-10-15(17(20)18-3)11-16(12)19-13(2)14-7-5-4-6-8-14/h9-11,13-14,19H,4-8H2,1-3H3,(H,18,20). The summed E-state index contributed by atoms with van der Waals surface area (Å²) in [5, 5.41) is 6.30. The number of amides is 1. The summed E-state index contributed by atoms with van der Waals surface area (Å²) in [5.74, 6) is 0.727. The van der Waals surface area contributed by atoms with Crippen LogP contribution in [0.2, 0.25) is 0 Å². The Bertz CT molecular complexity index is 464. The van der Waals surface area contributed by atoms with Crippen LogP contribution >= 0.6 is 0 Å². The predicted octanol–water partition coefficient (Wildman–Crippen LogP) is 3.74. The first-order chi connectivity index (χ1) is 9.61. The van der Waals surface area contributed by atoms with E-state index in [9.17, 15) is 4.79 Å². The van der Waals surface area contributed by atoms with Crippen LogP contribution in [0, 0.1) is 12.8 Å². The molecule has 1 fully saturated rings. The topological polar surface area (TPSA) is 41.1 Å². The smallest absolute Gasteiger partial charge is 0.251 e. The van der Waals surface area contributed by atoms with Crippen LogP contribution in [0.4, 0.5) is 5.69 Å². The van der Waals surface area contributed by atoms with Gasteiger partial charge in [0.05, 0.1) is 0 Å². The summed E-state index contributed by atoms with van der Waals surface area (Å²) in [6.45, 7) is 4.35. The summed E-state index contributed by atoms with van der Waals surface area (Å²) in [6.07, 6.45) is 6.74. The summed E-state index contributed by atoms with van der Waals surface area (Å²) in [7, 11) is 1.67. The molecule has 3 heteroatoms. The van der Waals surface area contributed by atoms with Crippen LogP contribution in [0.25, 0.3) is 0 Å². The van der Waals surface area contributed by atoms with Crippen molar-refractivity contribution in [3.8, 4) is 0 Å². The normalized spacial score (nSPS) is 17.6. The number of hydrogen-bond acceptors (Lipinski definition) is 2. The lowest BCUT2D eigenvalue weighted by atomic mass is 9.84. The fourth-order valence-electron chi connectivity index (χ4n) is 3.06. The van der Waals surface area contributed by atoms with E-state index in [2.05, 4.69) is 24.5 Å². The van der Waals surface area contributed by atoms with Crippen LogP contribution in [0.3, 0.4) is 0 Å². The lowest BCUT2D eigenvalue weighted by Gasteiger charge is -2.29. The highest BCUT2D eigenvalue weighted by atomic mass is 16.1. The van der Waals surface area contributed by atoms with Crippen molar-refractivity contribution in [3.05, 3.63) is 29.3 Å². The highest BCUT2D eigenvalue weighted by Gasteiger charge is 2.20. The molecule has 3 nitrogen and oxygen atoms in total. The number of benzene rings is 1. The molecule has 1 aromatic carbocycles. The lowest BCUT2D eigenvalue weighted by molar-refractivity contribution is 0.0963. The zero-order chi connectivity index (χ0) is 14.5. The third-order valence-corrected chi connectivity index (χ3v) is 4.47. The number of nitrogens with one attached hydrogen (secondary N) is 2. The summed E-state index contributed by atoms with van der Waals surface area (Å²) in [5.41, 5.74) is 3.00. The van der Waals surface area contributed by atoms with E-state index in [0.29, 0.717) is 6.04 Å². The zero-order valence-electron chi connectivity index (χ0n) is 12.8. The van der Waals surface area contributed by atoms with Crippen molar-refractivity contribution in [3.63, 3.8) is 0 Å². The molecule has 1 unspecified atom stereocenters. The molecule has 2 rings (SSSR count). The summed E-state index contributed by atoms with van der Waals surface area (Å²) in [6, 6.07) is 6.33. The molecule has 2 N–H and O–H groups in total. The zero-order valence-corrected chi connectivity index (χ0v) is 12.8. The Morgan fingerprint density at radius 3 is 2.60 bits per heavy atom. The van der Waals surface area contributed by atoms with Crippen LogP contribution in [-0.4, -0.2) is 19.0 Å². The number of anilines is 1. The Morgan fingerprint density at radius 1 is 1.25 bits per heavy atom. The molecule has 110 valence electrons. The minimum absolute atomic E-state index is 0.0293. The van der Waals surface area contributed by atoms with Gasteiger partial charge in [0.25, 0.3) is 5.91 Å². The molecular formula is C17H26N2O. The Kier molecular flexibility index (Phi) is 5.05.